The molecule has 34 heavy (non-hydrogen) atoms. The molecule has 1 aromatic carbocycles. The van der Waals surface area contributed by atoms with Gasteiger partial charge in [0.2, 0.25) is 5.91 Å². The van der Waals surface area contributed by atoms with Crippen LogP contribution in [0.2, 0.25) is 0 Å². The zero-order valence-corrected chi connectivity index (χ0v) is 21.5. The molecule has 196 valence electrons. The number of nitrogens with one attached hydrogen (secondary N) is 1. The molecular weight excluding hydrogens is 493 g/mol. The zero-order valence-electron chi connectivity index (χ0n) is 19.7. The standard InChI is InChI=1S/C19H27F3N4O4S.C2H6.H2S/c1-25(18(17(23)27)8-10-24-11-9-18)31-30-26-12-6-15(7-13-26)28-14-2-4-16(5-3-14)29-19(20,21)22;1-2;/h2-5,15,24H,6-13H2,1H3,(H2,23,27);1-2H3;1H2. The summed E-state index contributed by atoms with van der Waals surface area (Å²) in [5.41, 5.74) is 4.94. The molecule has 0 bridgehead atoms. The van der Waals surface area contributed by atoms with Gasteiger partial charge in [0.15, 0.2) is 0 Å². The van der Waals surface area contributed by atoms with Crippen molar-refractivity contribution < 1.29 is 31.7 Å². The fraction of sp³-hybridized carbons (Fsp3) is 0.667. The van der Waals surface area contributed by atoms with Gasteiger partial charge < -0.3 is 20.5 Å². The molecule has 0 atom stereocenters. The summed E-state index contributed by atoms with van der Waals surface area (Å²) < 4.78 is 54.0. The largest absolute Gasteiger partial charge is 0.573 e. The van der Waals surface area contributed by atoms with Crippen molar-refractivity contribution in [1.29, 1.82) is 0 Å². The van der Waals surface area contributed by atoms with Crippen molar-refractivity contribution in [3.63, 3.8) is 0 Å². The summed E-state index contributed by atoms with van der Waals surface area (Å²) in [6, 6.07) is 5.36. The molecule has 2 heterocycles. The van der Waals surface area contributed by atoms with Crippen LogP contribution in [-0.2, 0) is 9.08 Å². The van der Waals surface area contributed by atoms with Crippen LogP contribution in [-0.4, -0.2) is 66.5 Å². The number of carbonyl (C=O) groups excluding carboxylic acids is 1. The maximum absolute atomic E-state index is 12.2. The van der Waals surface area contributed by atoms with Gasteiger partial charge in [-0.05, 0) is 63.0 Å². The number of rotatable bonds is 8. The van der Waals surface area contributed by atoms with Crippen LogP contribution in [0.5, 0.6) is 11.5 Å². The highest BCUT2D eigenvalue weighted by atomic mass is 32.2. The van der Waals surface area contributed by atoms with Gasteiger partial charge in [-0.2, -0.15) is 18.6 Å². The Kier molecular flexibility index (Phi) is 12.8. The minimum Gasteiger partial charge on any atom is -0.490 e. The van der Waals surface area contributed by atoms with Gasteiger partial charge in [-0.3, -0.25) is 4.79 Å². The van der Waals surface area contributed by atoms with Gasteiger partial charge >= 0.3 is 6.36 Å². The molecule has 0 radical (unpaired) electrons. The molecule has 0 aliphatic carbocycles. The predicted molar refractivity (Wildman–Crippen MR) is 131 cm³/mol. The average molecular weight is 529 g/mol. The van der Waals surface area contributed by atoms with E-state index < -0.39 is 11.9 Å². The van der Waals surface area contributed by atoms with Gasteiger partial charge in [-0.25, -0.2) is 8.59 Å². The number of carbonyl (C=O) groups is 1. The molecule has 0 saturated carbocycles. The smallest absolute Gasteiger partial charge is 0.490 e. The highest BCUT2D eigenvalue weighted by Crippen LogP contribution is 2.32. The Bertz CT molecular complexity index is 730. The average Bonchev–Trinajstić information content (AvgIpc) is 2.80. The second-order valence-corrected chi connectivity index (χ2v) is 8.40. The van der Waals surface area contributed by atoms with Gasteiger partial charge in [-0.15, -0.1) is 13.2 Å². The third kappa shape index (κ3) is 9.00. The number of nitrogens with two attached hydrogens (primary N) is 1. The van der Waals surface area contributed by atoms with E-state index in [1.165, 1.54) is 24.3 Å². The molecule has 0 aromatic heterocycles. The minimum absolute atomic E-state index is 0. The highest BCUT2D eigenvalue weighted by Gasteiger charge is 2.43. The summed E-state index contributed by atoms with van der Waals surface area (Å²) in [5.74, 6) is -0.157. The van der Waals surface area contributed by atoms with E-state index in [2.05, 4.69) is 10.1 Å². The second kappa shape index (κ2) is 14.2. The number of hydroxylamine groups is 2. The van der Waals surface area contributed by atoms with E-state index in [-0.39, 0.29) is 31.3 Å². The molecule has 3 N–H and O–H groups in total. The van der Waals surface area contributed by atoms with Crippen LogP contribution >= 0.6 is 25.7 Å². The zero-order chi connectivity index (χ0) is 24.5. The number of primary amides is 1. The lowest BCUT2D eigenvalue weighted by atomic mass is 9.88. The normalized spacial score (nSPS) is 18.9. The highest BCUT2D eigenvalue weighted by molar-refractivity contribution is 7.92. The number of hydrogen-bond donors (Lipinski definition) is 2. The number of hydrogen-bond acceptors (Lipinski definition) is 8. The van der Waals surface area contributed by atoms with E-state index in [4.69, 9.17) is 14.8 Å². The van der Waals surface area contributed by atoms with Gasteiger partial charge in [0.25, 0.3) is 0 Å². The van der Waals surface area contributed by atoms with Crippen LogP contribution in [0.3, 0.4) is 0 Å². The molecule has 13 heteroatoms. The summed E-state index contributed by atoms with van der Waals surface area (Å²) in [6.07, 6.45) is -2.16. The Balaban J connectivity index is 0.00000188. The first-order valence-electron chi connectivity index (χ1n) is 11.0. The van der Waals surface area contributed by atoms with E-state index in [9.17, 15) is 18.0 Å². The van der Waals surface area contributed by atoms with Gasteiger partial charge in [0.1, 0.15) is 35.4 Å². The molecule has 0 spiro atoms. The topological polar surface area (TPSA) is 89.3 Å². The first kappa shape index (κ1) is 30.7. The Morgan fingerprint density at radius 2 is 1.68 bits per heavy atom. The molecule has 1 amide bonds. The monoisotopic (exact) mass is 528 g/mol. The van der Waals surface area contributed by atoms with Crippen molar-refractivity contribution in [3.8, 4) is 11.5 Å². The van der Waals surface area contributed by atoms with Crippen LogP contribution in [0.1, 0.15) is 39.5 Å². The summed E-state index contributed by atoms with van der Waals surface area (Å²) in [7, 11) is 1.81. The molecule has 2 aliphatic heterocycles. The summed E-state index contributed by atoms with van der Waals surface area (Å²) in [6.45, 7) is 6.68. The maximum Gasteiger partial charge on any atom is 0.573 e. The fourth-order valence-electron chi connectivity index (χ4n) is 3.66. The molecule has 8 nitrogen and oxygen atoms in total. The number of alkyl halides is 3. The number of likely N-dealkylation sites (N-methyl/N-ethyl adjacent to an activating group) is 1. The predicted octanol–water partition coefficient (Wildman–Crippen LogP) is 3.60. The third-order valence-electron chi connectivity index (χ3n) is 5.50. The molecule has 2 saturated heterocycles. The Morgan fingerprint density at radius 1 is 1.15 bits per heavy atom. The summed E-state index contributed by atoms with van der Waals surface area (Å²) in [4.78, 5) is 12.1. The molecule has 2 fully saturated rings. The van der Waals surface area contributed by atoms with Crippen LogP contribution in [0.4, 0.5) is 13.2 Å². The van der Waals surface area contributed by atoms with Crippen molar-refractivity contribution in [3.05, 3.63) is 24.3 Å². The number of benzene rings is 1. The summed E-state index contributed by atoms with van der Waals surface area (Å²) >= 11 is 1.11. The van der Waals surface area contributed by atoms with Crippen molar-refractivity contribution in [2.45, 2.75) is 57.5 Å². The number of halogens is 3. The first-order valence-corrected chi connectivity index (χ1v) is 11.7. The van der Waals surface area contributed by atoms with E-state index >= 15 is 0 Å². The van der Waals surface area contributed by atoms with Crippen molar-refractivity contribution in [1.82, 2.24) is 14.7 Å². The lowest BCUT2D eigenvalue weighted by Gasteiger charge is -2.41. The lowest BCUT2D eigenvalue weighted by molar-refractivity contribution is -0.274. The Labute approximate surface area is 210 Å². The van der Waals surface area contributed by atoms with Crippen molar-refractivity contribution in [2.75, 3.05) is 33.2 Å². The molecule has 3 rings (SSSR count). The number of amides is 1. The van der Waals surface area contributed by atoms with E-state index in [0.717, 1.165) is 25.3 Å². The van der Waals surface area contributed by atoms with E-state index in [1.54, 1.807) is 9.37 Å². The quantitative estimate of drug-likeness (QED) is 0.391. The van der Waals surface area contributed by atoms with Gasteiger partial charge in [0.05, 0.1) is 0 Å². The molecule has 0 unspecified atom stereocenters. The number of nitrogens with zero attached hydrogens (tertiary/aromatic N) is 2. The fourth-order valence-corrected chi connectivity index (χ4v) is 4.42. The first-order chi connectivity index (χ1) is 15.7. The van der Waals surface area contributed by atoms with Crippen LogP contribution in [0.25, 0.3) is 0 Å². The lowest BCUT2D eigenvalue weighted by Crippen LogP contribution is -2.58. The van der Waals surface area contributed by atoms with Crippen molar-refractivity contribution in [2.24, 2.45) is 5.73 Å². The SMILES string of the molecule is CC.CN(SON1CCC(Oc2ccc(OC(F)(F)F)cc2)CC1)C1(C(N)=O)CCNCC1.S. The Morgan fingerprint density at radius 3 is 2.18 bits per heavy atom. The van der Waals surface area contributed by atoms with E-state index in [0.29, 0.717) is 44.5 Å². The molecule has 1 aromatic rings. The Hall–Kier alpha value is -1.38. The summed E-state index contributed by atoms with van der Waals surface area (Å²) in [5, 5.41) is 5.03. The molecular formula is C21H35F3N4O4S2. The van der Waals surface area contributed by atoms with Gasteiger partial charge in [0, 0.05) is 20.1 Å². The maximum atomic E-state index is 12.2. The van der Waals surface area contributed by atoms with Gasteiger partial charge in [-0.1, -0.05) is 13.8 Å². The van der Waals surface area contributed by atoms with Crippen molar-refractivity contribution >= 4 is 31.6 Å². The number of ether oxygens (including phenoxy) is 2. The third-order valence-corrected chi connectivity index (χ3v) is 6.35. The molecule has 2 aliphatic rings. The van der Waals surface area contributed by atoms with Crippen LogP contribution in [0, 0.1) is 0 Å². The second-order valence-electron chi connectivity index (χ2n) is 7.56. The number of piperidine rings is 2. The minimum atomic E-state index is -4.72. The van der Waals surface area contributed by atoms with E-state index in [1.807, 2.05) is 20.9 Å². The van der Waals surface area contributed by atoms with Crippen LogP contribution < -0.4 is 20.5 Å². The van der Waals surface area contributed by atoms with Crippen LogP contribution in [0.15, 0.2) is 24.3 Å².